The van der Waals surface area contributed by atoms with Crippen LogP contribution in [0.2, 0.25) is 0 Å². The van der Waals surface area contributed by atoms with Gasteiger partial charge in [0.2, 0.25) is 0 Å². The van der Waals surface area contributed by atoms with E-state index in [1.54, 1.807) is 30.4 Å². The van der Waals surface area contributed by atoms with Crippen LogP contribution in [-0.2, 0) is 5.16 Å². The summed E-state index contributed by atoms with van der Waals surface area (Å²) in [5, 5.41) is -0.587. The maximum atomic E-state index is 4.85. The molecule has 184 valence electrons. The second-order valence-electron chi connectivity index (χ2n) is 12.6. The van der Waals surface area contributed by atoms with Gasteiger partial charge in [-0.15, -0.1) is 18.5 Å². The molecule has 4 nitrogen and oxygen atoms in total. The van der Waals surface area contributed by atoms with E-state index in [0.717, 1.165) is 41.2 Å². The van der Waals surface area contributed by atoms with Gasteiger partial charge >= 0.3 is 0 Å². The third-order valence-corrected chi connectivity index (χ3v) is 11.4. The Kier molecular flexibility index (Phi) is 5.82. The van der Waals surface area contributed by atoms with Crippen LogP contribution in [0.4, 0.5) is 0 Å². The molecule has 0 N–H and O–H groups in total. The Morgan fingerprint density at radius 3 is 1.80 bits per heavy atom. The zero-order valence-electron chi connectivity index (χ0n) is 21.2. The van der Waals surface area contributed by atoms with Crippen molar-refractivity contribution in [2.24, 2.45) is 40.4 Å². The van der Waals surface area contributed by atoms with Crippen molar-refractivity contribution in [2.45, 2.75) is 58.0 Å². The molecule has 3 unspecified atom stereocenters. The first-order valence-corrected chi connectivity index (χ1v) is 14.6. The van der Waals surface area contributed by atoms with E-state index >= 15 is 0 Å². The third-order valence-electron chi connectivity index (χ3n) is 9.78. The summed E-state index contributed by atoms with van der Waals surface area (Å²) in [6.45, 7) is 7.10. The van der Waals surface area contributed by atoms with Gasteiger partial charge in [-0.25, -0.2) is 0 Å². The van der Waals surface area contributed by atoms with Crippen LogP contribution in [-0.4, -0.2) is 26.1 Å². The summed E-state index contributed by atoms with van der Waals surface area (Å²) >= 11 is 0. The number of hydrogen-bond donors (Lipinski definition) is 0. The normalized spacial score (nSPS) is 34.1. The molecule has 5 aliphatic carbocycles. The Hall–Kier alpha value is -1.50. The molecular weight excluding hydrogens is 466 g/mol. The minimum Gasteiger partial charge on any atom is -0.261 e. The summed E-state index contributed by atoms with van der Waals surface area (Å²) in [6.07, 6.45) is 24.3. The Bertz CT molecular complexity index is 1080. The molecule has 4 fully saturated rings. The average Bonchev–Trinajstić information content (AvgIpc) is 3.32. The van der Waals surface area contributed by atoms with Crippen molar-refractivity contribution in [3.05, 3.63) is 71.9 Å². The molecule has 3 atom stereocenters. The monoisotopic (exact) mass is 504 g/mol. The lowest BCUT2D eigenvalue weighted by Gasteiger charge is -2.62. The van der Waals surface area contributed by atoms with E-state index in [9.17, 15) is 0 Å². The topological polar surface area (TPSA) is 51.6 Å². The van der Waals surface area contributed by atoms with E-state index in [1.165, 1.54) is 37.7 Å². The van der Waals surface area contributed by atoms with Gasteiger partial charge in [-0.05, 0) is 78.5 Å². The van der Waals surface area contributed by atoms with Crippen LogP contribution in [0.15, 0.2) is 60.5 Å². The minimum absolute atomic E-state index is 0.136. The van der Waals surface area contributed by atoms with E-state index in [1.807, 2.05) is 12.4 Å². The van der Waals surface area contributed by atoms with Crippen molar-refractivity contribution in [2.75, 3.05) is 6.16 Å². The Morgan fingerprint density at radius 2 is 1.37 bits per heavy atom. The number of aromatic nitrogens is 4. The lowest BCUT2D eigenvalue weighted by molar-refractivity contribution is -0.0736. The molecule has 5 aliphatic rings. The zero-order chi connectivity index (χ0) is 24.4. The Balaban J connectivity index is 1.57. The Labute approximate surface area is 214 Å². The molecule has 2 heterocycles. The fourth-order valence-corrected chi connectivity index (χ4v) is 9.59. The first kappa shape index (κ1) is 23.9. The maximum Gasteiger partial charge on any atom is 0.0964 e. The summed E-state index contributed by atoms with van der Waals surface area (Å²) in [4.78, 5) is 18.7. The summed E-state index contributed by atoms with van der Waals surface area (Å²) < 4.78 is 0. The summed E-state index contributed by atoms with van der Waals surface area (Å²) in [5.41, 5.74) is 5.10. The fraction of sp³-hybridized carbons (Fsp3) is 0.586. The lowest BCUT2D eigenvalue weighted by Crippen LogP contribution is -2.55. The van der Waals surface area contributed by atoms with Crippen LogP contribution in [0.5, 0.6) is 0 Å². The molecule has 4 bridgehead atoms. The quantitative estimate of drug-likeness (QED) is 0.453. The van der Waals surface area contributed by atoms with Crippen molar-refractivity contribution in [3.63, 3.8) is 0 Å². The maximum absolute atomic E-state index is 4.85. The van der Waals surface area contributed by atoms with Gasteiger partial charge in [-0.1, -0.05) is 32.9 Å². The molecule has 0 saturated heterocycles. The van der Waals surface area contributed by atoms with Gasteiger partial charge < -0.3 is 0 Å². The summed E-state index contributed by atoms with van der Waals surface area (Å²) in [7, 11) is 6.37. The highest BCUT2D eigenvalue weighted by Crippen LogP contribution is 2.69. The van der Waals surface area contributed by atoms with Crippen LogP contribution in [0.3, 0.4) is 0 Å². The first-order valence-electron chi connectivity index (χ1n) is 13.2. The van der Waals surface area contributed by atoms with Gasteiger partial charge in [-0.3, -0.25) is 19.9 Å². The minimum atomic E-state index is -0.587. The molecular formula is C29H38N4P2. The van der Waals surface area contributed by atoms with Crippen LogP contribution in [0.25, 0.3) is 0 Å². The number of nitrogens with zero attached hydrogens (tertiary/aromatic N) is 4. The van der Waals surface area contributed by atoms with Gasteiger partial charge in [0.25, 0.3) is 0 Å². The molecule has 7 rings (SSSR count). The highest BCUT2D eigenvalue weighted by atomic mass is 31.0. The van der Waals surface area contributed by atoms with Crippen molar-refractivity contribution in [3.8, 4) is 0 Å². The number of rotatable bonds is 5. The molecule has 0 aromatic carbocycles. The molecule has 0 spiro atoms. The van der Waals surface area contributed by atoms with E-state index in [0.29, 0.717) is 5.92 Å². The third kappa shape index (κ3) is 3.61. The summed E-state index contributed by atoms with van der Waals surface area (Å²) in [5.74, 6) is 3.78. The van der Waals surface area contributed by atoms with Gasteiger partial charge in [0.05, 0.1) is 28.9 Å². The predicted molar refractivity (Wildman–Crippen MR) is 148 cm³/mol. The SMILES string of the molecule is CC(C)(C)C1C=C(C(P)(c2cnccn2)c2cnccn2)C(C2(CP)C3CC4CC(C3)CC2C4)=C1. The molecule has 0 radical (unpaired) electrons. The van der Waals surface area contributed by atoms with Crippen LogP contribution >= 0.6 is 18.5 Å². The first-order chi connectivity index (χ1) is 16.8. The smallest absolute Gasteiger partial charge is 0.0964 e. The van der Waals surface area contributed by atoms with Crippen LogP contribution in [0, 0.1) is 40.4 Å². The fourth-order valence-electron chi connectivity index (χ4n) is 8.16. The van der Waals surface area contributed by atoms with E-state index in [4.69, 9.17) is 9.97 Å². The van der Waals surface area contributed by atoms with Gasteiger partial charge in [0, 0.05) is 36.1 Å². The van der Waals surface area contributed by atoms with E-state index < -0.39 is 5.16 Å². The lowest BCUT2D eigenvalue weighted by atomic mass is 9.43. The van der Waals surface area contributed by atoms with Gasteiger partial charge in [0.15, 0.2) is 0 Å². The van der Waals surface area contributed by atoms with Crippen LogP contribution < -0.4 is 0 Å². The van der Waals surface area contributed by atoms with Crippen molar-refractivity contribution < 1.29 is 0 Å². The molecule has 4 saturated carbocycles. The molecule has 0 amide bonds. The molecule has 2 aromatic rings. The number of hydrogen-bond acceptors (Lipinski definition) is 4. The largest absolute Gasteiger partial charge is 0.261 e. The van der Waals surface area contributed by atoms with E-state index in [-0.39, 0.29) is 10.8 Å². The highest BCUT2D eigenvalue weighted by Gasteiger charge is 2.60. The molecule has 35 heavy (non-hydrogen) atoms. The average molecular weight is 505 g/mol. The Morgan fingerprint density at radius 1 is 0.829 bits per heavy atom. The highest BCUT2D eigenvalue weighted by molar-refractivity contribution is 7.19. The van der Waals surface area contributed by atoms with Gasteiger partial charge in [0.1, 0.15) is 0 Å². The van der Waals surface area contributed by atoms with Crippen molar-refractivity contribution in [1.82, 2.24) is 19.9 Å². The molecule has 6 heteroatoms. The standard InChI is InChI=1S/C29H38N4P2/c1-27(2,3)20-13-23(28(17-34)21-9-18-8-19(11-21)12-22(28)10-18)24(14-20)29(35,25-15-30-4-6-32-25)26-16-31-5-7-33-26/h4-7,13-16,18-22H,8-12,17,34-35H2,1-3H3. The summed E-state index contributed by atoms with van der Waals surface area (Å²) in [6, 6.07) is 0. The second-order valence-corrected chi connectivity index (χ2v) is 13.9. The van der Waals surface area contributed by atoms with Crippen molar-refractivity contribution in [1.29, 1.82) is 0 Å². The van der Waals surface area contributed by atoms with Gasteiger partial charge in [-0.2, -0.15) is 0 Å². The molecule has 0 aliphatic heterocycles. The number of allylic oxidation sites excluding steroid dienone is 4. The van der Waals surface area contributed by atoms with Crippen LogP contribution in [0.1, 0.15) is 64.3 Å². The second kappa shape index (κ2) is 8.53. The molecule has 2 aromatic heterocycles. The zero-order valence-corrected chi connectivity index (χ0v) is 23.5. The predicted octanol–water partition coefficient (Wildman–Crippen LogP) is 6.23. The van der Waals surface area contributed by atoms with Crippen molar-refractivity contribution >= 4 is 18.5 Å². The van der Waals surface area contributed by atoms with E-state index in [2.05, 4.69) is 61.4 Å².